The fraction of sp³-hybridized carbons (Fsp3) is 0.400. The van der Waals surface area contributed by atoms with Crippen LogP contribution in [0, 0.1) is 3.57 Å². The normalized spacial score (nSPS) is 13.2. The highest BCUT2D eigenvalue weighted by Crippen LogP contribution is 2.27. The van der Waals surface area contributed by atoms with Crippen LogP contribution in [-0.2, 0) is 4.74 Å². The minimum absolute atomic E-state index is 0.227. The quantitative estimate of drug-likeness (QED) is 0.871. The summed E-state index contributed by atoms with van der Waals surface area (Å²) in [6, 6.07) is 0.227. The van der Waals surface area contributed by atoms with Gasteiger partial charge < -0.3 is 15.0 Å². The molecule has 2 aromatic rings. The number of rotatable bonds is 3. The first kappa shape index (κ1) is 11.6. The Morgan fingerprint density at radius 3 is 3.00 bits per heavy atom. The third-order valence-electron chi connectivity index (χ3n) is 2.48. The van der Waals surface area contributed by atoms with E-state index in [1.54, 1.807) is 7.11 Å². The van der Waals surface area contributed by atoms with E-state index >= 15 is 0 Å². The van der Waals surface area contributed by atoms with Crippen LogP contribution in [0.15, 0.2) is 12.5 Å². The topological polar surface area (TPSA) is 66.0 Å². The third kappa shape index (κ3) is 1.86. The van der Waals surface area contributed by atoms with Crippen LogP contribution >= 0.6 is 22.6 Å². The maximum atomic E-state index is 5.84. The van der Waals surface area contributed by atoms with Crippen molar-refractivity contribution in [2.45, 2.75) is 13.0 Å². The van der Waals surface area contributed by atoms with Crippen molar-refractivity contribution in [1.82, 2.24) is 14.5 Å². The number of nitrogens with two attached hydrogens (primary N) is 1. The summed E-state index contributed by atoms with van der Waals surface area (Å²) < 4.78 is 8.28. The zero-order valence-electron chi connectivity index (χ0n) is 9.14. The maximum absolute atomic E-state index is 5.84. The second-order valence-corrected chi connectivity index (χ2v) is 4.81. The summed E-state index contributed by atoms with van der Waals surface area (Å²) in [7, 11) is 1.69. The van der Waals surface area contributed by atoms with Crippen LogP contribution in [-0.4, -0.2) is 28.3 Å². The molecule has 2 rings (SSSR count). The number of anilines is 1. The number of ether oxygens (including phenoxy) is 1. The number of halogens is 1. The summed E-state index contributed by atoms with van der Waals surface area (Å²) in [5, 5.41) is 0.922. The molecule has 1 unspecified atom stereocenters. The molecule has 0 aliphatic rings. The first-order chi connectivity index (χ1) is 7.65. The fourth-order valence-electron chi connectivity index (χ4n) is 1.72. The van der Waals surface area contributed by atoms with Gasteiger partial charge in [-0.25, -0.2) is 9.97 Å². The molecule has 0 aliphatic carbocycles. The summed E-state index contributed by atoms with van der Waals surface area (Å²) in [5.41, 5.74) is 6.71. The zero-order valence-corrected chi connectivity index (χ0v) is 11.3. The van der Waals surface area contributed by atoms with Gasteiger partial charge in [0.25, 0.3) is 0 Å². The number of nitrogens with zero attached hydrogens (tertiary/aromatic N) is 3. The van der Waals surface area contributed by atoms with E-state index in [9.17, 15) is 0 Å². The molecule has 0 fully saturated rings. The van der Waals surface area contributed by atoms with E-state index in [0.717, 1.165) is 14.6 Å². The standard InChI is InChI=1S/C10H13IN4O/c1-6(4-16-2)15-3-7(11)8-9(12)13-5-14-10(8)15/h3,5-6H,4H2,1-2H3,(H2,12,13,14). The highest BCUT2D eigenvalue weighted by Gasteiger charge is 2.14. The lowest BCUT2D eigenvalue weighted by atomic mass is 10.3. The molecule has 0 amide bonds. The molecular formula is C10H13IN4O. The van der Waals surface area contributed by atoms with Gasteiger partial charge >= 0.3 is 0 Å². The van der Waals surface area contributed by atoms with Crippen molar-refractivity contribution in [3.8, 4) is 0 Å². The maximum Gasteiger partial charge on any atom is 0.146 e. The van der Waals surface area contributed by atoms with Gasteiger partial charge in [-0.15, -0.1) is 0 Å². The molecule has 0 aliphatic heterocycles. The molecule has 2 N–H and O–H groups in total. The fourth-order valence-corrected chi connectivity index (χ4v) is 2.54. The van der Waals surface area contributed by atoms with Crippen LogP contribution in [0.25, 0.3) is 11.0 Å². The Balaban J connectivity index is 2.59. The molecule has 0 aromatic carbocycles. The van der Waals surface area contributed by atoms with Gasteiger partial charge in [0, 0.05) is 16.9 Å². The van der Waals surface area contributed by atoms with E-state index < -0.39 is 0 Å². The molecule has 5 nitrogen and oxygen atoms in total. The Bertz CT molecular complexity index is 511. The molecule has 0 saturated heterocycles. The Morgan fingerprint density at radius 1 is 1.56 bits per heavy atom. The molecule has 16 heavy (non-hydrogen) atoms. The average molecular weight is 332 g/mol. The summed E-state index contributed by atoms with van der Waals surface area (Å²) in [6.07, 6.45) is 3.52. The molecule has 2 aromatic heterocycles. The van der Waals surface area contributed by atoms with E-state index in [1.165, 1.54) is 6.33 Å². The van der Waals surface area contributed by atoms with Gasteiger partial charge in [-0.05, 0) is 29.5 Å². The predicted molar refractivity (Wildman–Crippen MR) is 71.2 cm³/mol. The van der Waals surface area contributed by atoms with Crippen LogP contribution < -0.4 is 5.73 Å². The summed E-state index contributed by atoms with van der Waals surface area (Å²) in [4.78, 5) is 8.28. The number of fused-ring (bicyclic) bond motifs is 1. The second kappa shape index (κ2) is 4.54. The Hall–Kier alpha value is -0.890. The lowest BCUT2D eigenvalue weighted by Gasteiger charge is -2.13. The van der Waals surface area contributed by atoms with Crippen molar-refractivity contribution in [1.29, 1.82) is 0 Å². The first-order valence-electron chi connectivity index (χ1n) is 4.90. The van der Waals surface area contributed by atoms with E-state index in [1.807, 2.05) is 6.20 Å². The van der Waals surface area contributed by atoms with Gasteiger partial charge in [0.15, 0.2) is 0 Å². The summed E-state index contributed by atoms with van der Waals surface area (Å²) in [6.45, 7) is 2.72. The van der Waals surface area contributed by atoms with Gasteiger partial charge in [-0.3, -0.25) is 0 Å². The van der Waals surface area contributed by atoms with Gasteiger partial charge in [-0.2, -0.15) is 0 Å². The van der Waals surface area contributed by atoms with Crippen molar-refractivity contribution in [2.75, 3.05) is 19.5 Å². The second-order valence-electron chi connectivity index (χ2n) is 3.65. The molecule has 0 bridgehead atoms. The summed E-state index contributed by atoms with van der Waals surface area (Å²) >= 11 is 2.24. The molecule has 0 radical (unpaired) electrons. The van der Waals surface area contributed by atoms with Gasteiger partial charge in [0.05, 0.1) is 18.0 Å². The Labute approximate surface area is 107 Å². The van der Waals surface area contributed by atoms with Gasteiger partial charge in [0.1, 0.15) is 17.8 Å². The van der Waals surface area contributed by atoms with E-state index in [4.69, 9.17) is 10.5 Å². The number of hydrogen-bond acceptors (Lipinski definition) is 4. The van der Waals surface area contributed by atoms with Crippen LogP contribution in [0.2, 0.25) is 0 Å². The van der Waals surface area contributed by atoms with Gasteiger partial charge in [-0.1, -0.05) is 0 Å². The molecule has 0 spiro atoms. The number of methoxy groups -OCH3 is 1. The Kier molecular flexibility index (Phi) is 3.29. The van der Waals surface area contributed by atoms with Crippen molar-refractivity contribution < 1.29 is 4.74 Å². The highest BCUT2D eigenvalue weighted by molar-refractivity contribution is 14.1. The molecule has 6 heteroatoms. The molecule has 1 atom stereocenters. The molecule has 86 valence electrons. The molecule has 2 heterocycles. The lowest BCUT2D eigenvalue weighted by molar-refractivity contribution is 0.163. The Morgan fingerprint density at radius 2 is 2.31 bits per heavy atom. The third-order valence-corrected chi connectivity index (χ3v) is 3.29. The van der Waals surface area contributed by atoms with Crippen molar-refractivity contribution in [3.63, 3.8) is 0 Å². The van der Waals surface area contributed by atoms with Crippen LogP contribution in [0.1, 0.15) is 13.0 Å². The predicted octanol–water partition coefficient (Wildman–Crippen LogP) is 1.83. The minimum Gasteiger partial charge on any atom is -0.383 e. The average Bonchev–Trinajstić information content (AvgIpc) is 2.58. The smallest absolute Gasteiger partial charge is 0.146 e. The summed E-state index contributed by atoms with van der Waals surface area (Å²) in [5.74, 6) is 0.526. The largest absolute Gasteiger partial charge is 0.383 e. The van der Waals surface area contributed by atoms with Crippen molar-refractivity contribution >= 4 is 39.4 Å². The van der Waals surface area contributed by atoms with E-state index in [0.29, 0.717) is 12.4 Å². The number of aromatic nitrogens is 3. The first-order valence-corrected chi connectivity index (χ1v) is 5.98. The highest BCUT2D eigenvalue weighted by atomic mass is 127. The van der Waals surface area contributed by atoms with E-state index in [2.05, 4.69) is 44.0 Å². The van der Waals surface area contributed by atoms with Crippen LogP contribution in [0.4, 0.5) is 5.82 Å². The SMILES string of the molecule is COCC(C)n1cc(I)c2c(N)ncnc21. The van der Waals surface area contributed by atoms with Crippen LogP contribution in [0.5, 0.6) is 0 Å². The van der Waals surface area contributed by atoms with E-state index in [-0.39, 0.29) is 6.04 Å². The monoisotopic (exact) mass is 332 g/mol. The number of hydrogen-bond donors (Lipinski definition) is 1. The minimum atomic E-state index is 0.227. The van der Waals surface area contributed by atoms with Crippen LogP contribution in [0.3, 0.4) is 0 Å². The van der Waals surface area contributed by atoms with Gasteiger partial charge in [0.2, 0.25) is 0 Å². The molecule has 0 saturated carbocycles. The number of nitrogen functional groups attached to an aromatic ring is 1. The lowest BCUT2D eigenvalue weighted by Crippen LogP contribution is -2.10. The van der Waals surface area contributed by atoms with Crippen molar-refractivity contribution in [2.24, 2.45) is 0 Å². The van der Waals surface area contributed by atoms with Crippen molar-refractivity contribution in [3.05, 3.63) is 16.1 Å². The zero-order chi connectivity index (χ0) is 11.7. The molecular weight excluding hydrogens is 319 g/mol.